The number of nitrogens with zero attached hydrogens (tertiary/aromatic N) is 1. The zero-order chi connectivity index (χ0) is 11.5. The Hall–Kier alpha value is -0.570. The van der Waals surface area contributed by atoms with E-state index >= 15 is 0 Å². The van der Waals surface area contributed by atoms with Crippen LogP contribution < -0.4 is 5.73 Å². The van der Waals surface area contributed by atoms with Crippen molar-refractivity contribution in [3.8, 4) is 0 Å². The van der Waals surface area contributed by atoms with Crippen molar-refractivity contribution in [1.29, 1.82) is 5.41 Å². The summed E-state index contributed by atoms with van der Waals surface area (Å²) in [5, 5.41) is 7.61. The molecule has 1 saturated heterocycles. The normalized spacial score (nSPS) is 21.9. The smallest absolute Gasteiger partial charge is 0.0966 e. The Bertz CT molecular complexity index is 213. The van der Waals surface area contributed by atoms with Gasteiger partial charge in [-0.2, -0.15) is 0 Å². The molecule has 0 atom stereocenters. The van der Waals surface area contributed by atoms with Crippen molar-refractivity contribution < 1.29 is 0 Å². The van der Waals surface area contributed by atoms with E-state index in [2.05, 4.69) is 25.7 Å². The number of hydrogen-bond acceptors (Lipinski definition) is 2. The van der Waals surface area contributed by atoms with Gasteiger partial charge in [-0.05, 0) is 38.8 Å². The van der Waals surface area contributed by atoms with E-state index < -0.39 is 0 Å². The molecule has 1 heterocycles. The molecule has 1 fully saturated rings. The largest absolute Gasteiger partial charge is 0.387 e. The van der Waals surface area contributed by atoms with E-state index in [1.807, 2.05) is 0 Å². The molecule has 0 amide bonds. The minimum absolute atomic E-state index is 0.0392. The van der Waals surface area contributed by atoms with Gasteiger partial charge in [0.2, 0.25) is 0 Å². The molecule has 0 radical (unpaired) electrons. The van der Waals surface area contributed by atoms with Crippen LogP contribution in [0.4, 0.5) is 0 Å². The van der Waals surface area contributed by atoms with Crippen LogP contribution >= 0.6 is 0 Å². The maximum atomic E-state index is 7.61. The molecule has 3 heteroatoms. The van der Waals surface area contributed by atoms with Gasteiger partial charge in [0.15, 0.2) is 0 Å². The quantitative estimate of drug-likeness (QED) is 0.553. The van der Waals surface area contributed by atoms with Crippen LogP contribution in [0.3, 0.4) is 0 Å². The second-order valence-corrected chi connectivity index (χ2v) is 4.98. The van der Waals surface area contributed by atoms with Crippen LogP contribution in [0.5, 0.6) is 0 Å². The number of likely N-dealkylation sites (tertiary alicyclic amines) is 1. The highest BCUT2D eigenvalue weighted by molar-refractivity contribution is 5.83. The lowest BCUT2D eigenvalue weighted by Crippen LogP contribution is -2.48. The average Bonchev–Trinajstić information content (AvgIpc) is 2.22. The molecule has 0 spiro atoms. The first kappa shape index (κ1) is 12.5. The van der Waals surface area contributed by atoms with Crippen molar-refractivity contribution in [3.05, 3.63) is 0 Å². The second-order valence-electron chi connectivity index (χ2n) is 4.98. The van der Waals surface area contributed by atoms with Gasteiger partial charge in [0.25, 0.3) is 0 Å². The van der Waals surface area contributed by atoms with E-state index in [1.54, 1.807) is 0 Å². The zero-order valence-corrected chi connectivity index (χ0v) is 10.3. The number of nitrogens with two attached hydrogens (primary N) is 1. The summed E-state index contributed by atoms with van der Waals surface area (Å²) in [5.41, 5.74) is 5.61. The van der Waals surface area contributed by atoms with E-state index in [0.717, 1.165) is 32.0 Å². The lowest BCUT2D eigenvalue weighted by molar-refractivity contribution is 0.111. The van der Waals surface area contributed by atoms with E-state index in [4.69, 9.17) is 11.1 Å². The molecule has 88 valence electrons. The minimum Gasteiger partial charge on any atom is -0.387 e. The van der Waals surface area contributed by atoms with Crippen LogP contribution in [-0.4, -0.2) is 29.9 Å². The highest BCUT2D eigenvalue weighted by atomic mass is 15.2. The Morgan fingerprint density at radius 2 is 1.80 bits per heavy atom. The number of amidine groups is 1. The Kier molecular flexibility index (Phi) is 4.14. The maximum absolute atomic E-state index is 7.61. The van der Waals surface area contributed by atoms with E-state index in [-0.39, 0.29) is 5.41 Å². The monoisotopic (exact) mass is 211 g/mol. The maximum Gasteiger partial charge on any atom is 0.0966 e. The van der Waals surface area contributed by atoms with Gasteiger partial charge in [-0.3, -0.25) is 5.41 Å². The predicted molar refractivity (Wildman–Crippen MR) is 65.2 cm³/mol. The van der Waals surface area contributed by atoms with Gasteiger partial charge in [-0.1, -0.05) is 20.8 Å². The lowest BCUT2D eigenvalue weighted by atomic mass is 9.79. The van der Waals surface area contributed by atoms with E-state index in [0.29, 0.717) is 5.84 Å². The summed E-state index contributed by atoms with van der Waals surface area (Å²) in [6.45, 7) is 8.84. The molecule has 3 N–H and O–H groups in total. The standard InChI is InChI=1S/C12H25N3/c1-4-10(5-2)15-8-6-12(3,7-9-15)11(13)14/h10H,4-9H2,1-3H3,(H3,13,14). The van der Waals surface area contributed by atoms with Crippen molar-refractivity contribution in [2.24, 2.45) is 11.1 Å². The summed E-state index contributed by atoms with van der Waals surface area (Å²) in [5.74, 6) is 0.367. The molecule has 0 aromatic rings. The van der Waals surface area contributed by atoms with Crippen molar-refractivity contribution in [2.45, 2.75) is 52.5 Å². The fourth-order valence-electron chi connectivity index (χ4n) is 2.46. The molecule has 3 nitrogen and oxygen atoms in total. The summed E-state index contributed by atoms with van der Waals surface area (Å²) >= 11 is 0. The van der Waals surface area contributed by atoms with Crippen LogP contribution in [0.1, 0.15) is 46.5 Å². The van der Waals surface area contributed by atoms with Gasteiger partial charge in [-0.15, -0.1) is 0 Å². The van der Waals surface area contributed by atoms with E-state index in [9.17, 15) is 0 Å². The van der Waals surface area contributed by atoms with Gasteiger partial charge in [-0.25, -0.2) is 0 Å². The number of piperidine rings is 1. The van der Waals surface area contributed by atoms with Crippen LogP contribution in [0.25, 0.3) is 0 Å². The van der Waals surface area contributed by atoms with Gasteiger partial charge >= 0.3 is 0 Å². The first-order valence-electron chi connectivity index (χ1n) is 6.12. The van der Waals surface area contributed by atoms with Crippen LogP contribution in [0.2, 0.25) is 0 Å². The van der Waals surface area contributed by atoms with Gasteiger partial charge in [0, 0.05) is 11.5 Å². The summed E-state index contributed by atoms with van der Waals surface area (Å²) in [7, 11) is 0. The molecule has 1 aliphatic heterocycles. The molecular formula is C12H25N3. The first-order valence-corrected chi connectivity index (χ1v) is 6.12. The Morgan fingerprint density at radius 3 is 2.13 bits per heavy atom. The zero-order valence-electron chi connectivity index (χ0n) is 10.3. The first-order chi connectivity index (χ1) is 7.03. The molecule has 0 aromatic carbocycles. The number of hydrogen-bond donors (Lipinski definition) is 2. The summed E-state index contributed by atoms with van der Waals surface area (Å²) in [6.07, 6.45) is 4.54. The Morgan fingerprint density at radius 1 is 1.33 bits per heavy atom. The van der Waals surface area contributed by atoms with Crippen LogP contribution in [0.15, 0.2) is 0 Å². The highest BCUT2D eigenvalue weighted by Gasteiger charge is 2.34. The predicted octanol–water partition coefficient (Wildman–Crippen LogP) is 2.21. The molecule has 0 unspecified atom stereocenters. The molecule has 0 aliphatic carbocycles. The topological polar surface area (TPSA) is 53.1 Å². The third-order valence-corrected chi connectivity index (χ3v) is 4.01. The molecular weight excluding hydrogens is 186 g/mol. The van der Waals surface area contributed by atoms with Crippen molar-refractivity contribution in [1.82, 2.24) is 4.90 Å². The molecule has 15 heavy (non-hydrogen) atoms. The van der Waals surface area contributed by atoms with Gasteiger partial charge in [0.05, 0.1) is 5.84 Å². The molecule has 0 saturated carbocycles. The van der Waals surface area contributed by atoms with E-state index in [1.165, 1.54) is 12.8 Å². The van der Waals surface area contributed by atoms with Crippen molar-refractivity contribution in [3.63, 3.8) is 0 Å². The number of nitrogens with one attached hydrogen (secondary N) is 1. The van der Waals surface area contributed by atoms with Crippen molar-refractivity contribution in [2.75, 3.05) is 13.1 Å². The minimum atomic E-state index is -0.0392. The summed E-state index contributed by atoms with van der Waals surface area (Å²) in [6, 6.07) is 0.724. The highest BCUT2D eigenvalue weighted by Crippen LogP contribution is 2.31. The summed E-state index contributed by atoms with van der Waals surface area (Å²) < 4.78 is 0. The van der Waals surface area contributed by atoms with Crippen LogP contribution in [0, 0.1) is 10.8 Å². The SMILES string of the molecule is CCC(CC)N1CCC(C)(C(=N)N)CC1. The van der Waals surface area contributed by atoms with Gasteiger partial charge in [0.1, 0.15) is 0 Å². The molecule has 1 aliphatic rings. The Balaban J connectivity index is 2.51. The molecule has 0 bridgehead atoms. The lowest BCUT2D eigenvalue weighted by Gasteiger charge is -2.41. The average molecular weight is 211 g/mol. The van der Waals surface area contributed by atoms with Crippen molar-refractivity contribution >= 4 is 5.84 Å². The fourth-order valence-corrected chi connectivity index (χ4v) is 2.46. The van der Waals surface area contributed by atoms with Gasteiger partial charge < -0.3 is 10.6 Å². The molecule has 1 rings (SSSR count). The third-order valence-electron chi connectivity index (χ3n) is 4.01. The number of rotatable bonds is 4. The summed E-state index contributed by atoms with van der Waals surface area (Å²) in [4.78, 5) is 2.56. The molecule has 0 aromatic heterocycles. The third kappa shape index (κ3) is 2.71. The second kappa shape index (κ2) is 4.97. The fraction of sp³-hybridized carbons (Fsp3) is 0.917. The Labute approximate surface area is 93.5 Å². The van der Waals surface area contributed by atoms with Crippen LogP contribution in [-0.2, 0) is 0 Å².